The minimum atomic E-state index is -0.500. The molecule has 0 radical (unpaired) electrons. The number of carbonyl (C=O) groups is 2. The molecule has 1 aromatic carbocycles. The first-order valence-corrected chi connectivity index (χ1v) is 9.56. The van der Waals surface area contributed by atoms with E-state index in [1.54, 1.807) is 0 Å². The molecular weight excluding hydrogens is 338 g/mol. The van der Waals surface area contributed by atoms with Crippen molar-refractivity contribution >= 4 is 23.6 Å². The Bertz CT molecular complexity index is 632. The summed E-state index contributed by atoms with van der Waals surface area (Å²) in [7, 11) is 0. The van der Waals surface area contributed by atoms with Gasteiger partial charge >= 0.3 is 5.97 Å². The molecule has 4 unspecified atom stereocenters. The van der Waals surface area contributed by atoms with Gasteiger partial charge in [0.1, 0.15) is 17.1 Å². The molecule has 25 heavy (non-hydrogen) atoms. The van der Waals surface area contributed by atoms with Crippen LogP contribution in [0.2, 0.25) is 0 Å². The smallest absolute Gasteiger partial charge is 0.316 e. The van der Waals surface area contributed by atoms with Gasteiger partial charge < -0.3 is 15.4 Å². The molecule has 4 atom stereocenters. The molecule has 0 bridgehead atoms. The van der Waals surface area contributed by atoms with Crippen LogP contribution >= 0.6 is 11.8 Å². The van der Waals surface area contributed by atoms with Crippen molar-refractivity contribution in [1.82, 2.24) is 16.0 Å². The average Bonchev–Trinajstić information content (AvgIpc) is 2.97. The van der Waals surface area contributed by atoms with Crippen molar-refractivity contribution in [2.75, 3.05) is 12.3 Å². The number of thioether (sulfide) groups is 1. The van der Waals surface area contributed by atoms with Crippen LogP contribution in [0.1, 0.15) is 32.3 Å². The quantitative estimate of drug-likeness (QED) is 0.698. The number of rotatable bonds is 4. The topological polar surface area (TPSA) is 79.5 Å². The molecule has 136 valence electrons. The molecule has 3 N–H and O–H groups in total. The lowest BCUT2D eigenvalue weighted by Gasteiger charge is -2.35. The van der Waals surface area contributed by atoms with E-state index in [-0.39, 0.29) is 41.1 Å². The predicted molar refractivity (Wildman–Crippen MR) is 98.1 cm³/mol. The second-order valence-corrected chi connectivity index (χ2v) is 8.48. The molecule has 6 nitrogen and oxygen atoms in total. The Hall–Kier alpha value is -1.57. The number of amides is 1. The normalized spacial score (nSPS) is 29.0. The predicted octanol–water partition coefficient (Wildman–Crippen LogP) is 1.19. The maximum Gasteiger partial charge on any atom is 0.316 e. The van der Waals surface area contributed by atoms with Crippen molar-refractivity contribution in [3.05, 3.63) is 35.9 Å². The van der Waals surface area contributed by atoms with E-state index in [0.717, 1.165) is 6.54 Å². The molecule has 2 saturated heterocycles. The number of ether oxygens (including phenoxy) is 1. The highest BCUT2D eigenvalue weighted by atomic mass is 32.2. The van der Waals surface area contributed by atoms with Crippen LogP contribution in [0.25, 0.3) is 0 Å². The third-order valence-electron chi connectivity index (χ3n) is 4.27. The van der Waals surface area contributed by atoms with Gasteiger partial charge in [0.15, 0.2) is 0 Å². The number of hydrogen-bond donors (Lipinski definition) is 3. The highest BCUT2D eigenvalue weighted by molar-refractivity contribution is 8.00. The Morgan fingerprint density at radius 2 is 2.00 bits per heavy atom. The monoisotopic (exact) mass is 363 g/mol. The number of benzene rings is 1. The SMILES string of the molecule is CC(C)(C)OC(=O)CSC1NC(=O)C2NCC(c3ccccc3)C2N1. The van der Waals surface area contributed by atoms with Gasteiger partial charge in [-0.05, 0) is 26.3 Å². The fraction of sp³-hybridized carbons (Fsp3) is 0.556. The highest BCUT2D eigenvalue weighted by Crippen LogP contribution is 2.29. The molecule has 2 aliphatic rings. The number of fused-ring (bicyclic) bond motifs is 1. The van der Waals surface area contributed by atoms with Crippen molar-refractivity contribution in [2.24, 2.45) is 0 Å². The van der Waals surface area contributed by atoms with Crippen LogP contribution in [0.15, 0.2) is 30.3 Å². The summed E-state index contributed by atoms with van der Waals surface area (Å²) >= 11 is 1.35. The van der Waals surface area contributed by atoms with Gasteiger partial charge in [-0.2, -0.15) is 0 Å². The minimum absolute atomic E-state index is 0.00675. The van der Waals surface area contributed by atoms with Gasteiger partial charge in [0.25, 0.3) is 0 Å². The van der Waals surface area contributed by atoms with Gasteiger partial charge in [0, 0.05) is 18.5 Å². The highest BCUT2D eigenvalue weighted by Gasteiger charge is 2.45. The van der Waals surface area contributed by atoms with Crippen LogP contribution < -0.4 is 16.0 Å². The van der Waals surface area contributed by atoms with Gasteiger partial charge in [-0.1, -0.05) is 30.3 Å². The second kappa shape index (κ2) is 7.35. The summed E-state index contributed by atoms with van der Waals surface area (Å²) in [5, 5.41) is 9.69. The number of esters is 1. The Balaban J connectivity index is 1.61. The number of carbonyl (C=O) groups excluding carboxylic acids is 2. The second-order valence-electron chi connectivity index (χ2n) is 7.38. The van der Waals surface area contributed by atoms with Crippen LogP contribution in [0, 0.1) is 0 Å². The van der Waals surface area contributed by atoms with E-state index in [1.807, 2.05) is 39.0 Å². The van der Waals surface area contributed by atoms with Crippen LogP contribution in [-0.4, -0.2) is 47.4 Å². The summed E-state index contributed by atoms with van der Waals surface area (Å²) in [4.78, 5) is 24.3. The first-order chi connectivity index (χ1) is 11.8. The molecule has 1 aromatic rings. The molecule has 1 amide bonds. The Kier molecular flexibility index (Phi) is 5.36. The molecule has 0 spiro atoms. The van der Waals surface area contributed by atoms with Crippen molar-refractivity contribution in [3.8, 4) is 0 Å². The van der Waals surface area contributed by atoms with E-state index in [2.05, 4.69) is 28.1 Å². The zero-order valence-corrected chi connectivity index (χ0v) is 15.6. The molecule has 0 aliphatic carbocycles. The fourth-order valence-corrected chi connectivity index (χ4v) is 4.10. The summed E-state index contributed by atoms with van der Waals surface area (Å²) in [5.41, 5.74) is 0.410. The molecule has 3 rings (SSSR count). The molecule has 2 heterocycles. The molecule has 2 fully saturated rings. The van der Waals surface area contributed by atoms with Crippen LogP contribution in [-0.2, 0) is 14.3 Å². The molecule has 7 heteroatoms. The van der Waals surface area contributed by atoms with Gasteiger partial charge in [0.05, 0.1) is 5.75 Å². The standard InChI is InChI=1S/C18H25N3O3S/c1-18(2,3)24-13(22)10-25-17-20-14-12(11-7-5-4-6-8-11)9-19-15(14)16(23)21-17/h4-8,12,14-15,17,19-20H,9-10H2,1-3H3,(H,21,23). The summed E-state index contributed by atoms with van der Waals surface area (Å²) in [6.07, 6.45) is 0. The van der Waals surface area contributed by atoms with Crippen molar-refractivity contribution in [3.63, 3.8) is 0 Å². The zero-order chi connectivity index (χ0) is 18.0. The lowest BCUT2D eigenvalue weighted by Crippen LogP contribution is -2.64. The van der Waals surface area contributed by atoms with E-state index in [0.29, 0.717) is 0 Å². The third kappa shape index (κ3) is 4.54. The zero-order valence-electron chi connectivity index (χ0n) is 14.7. The lowest BCUT2D eigenvalue weighted by atomic mass is 9.90. The lowest BCUT2D eigenvalue weighted by molar-refractivity contribution is -0.151. The summed E-state index contributed by atoms with van der Waals surface area (Å²) < 4.78 is 5.32. The van der Waals surface area contributed by atoms with Crippen molar-refractivity contribution in [2.45, 2.75) is 49.9 Å². The van der Waals surface area contributed by atoms with Gasteiger partial charge in [0.2, 0.25) is 5.91 Å². The molecule has 0 saturated carbocycles. The summed E-state index contributed by atoms with van der Waals surface area (Å²) in [6.45, 7) is 6.28. The Labute approximate surface area is 152 Å². The summed E-state index contributed by atoms with van der Waals surface area (Å²) in [5.74, 6) is 0.112. The Morgan fingerprint density at radius 1 is 1.28 bits per heavy atom. The van der Waals surface area contributed by atoms with E-state index in [1.165, 1.54) is 17.3 Å². The largest absolute Gasteiger partial charge is 0.459 e. The molecule has 0 aromatic heterocycles. The van der Waals surface area contributed by atoms with Gasteiger partial charge in [-0.15, -0.1) is 11.8 Å². The fourth-order valence-electron chi connectivity index (χ4n) is 3.28. The summed E-state index contributed by atoms with van der Waals surface area (Å²) in [6, 6.07) is 9.96. The van der Waals surface area contributed by atoms with Gasteiger partial charge in [-0.3, -0.25) is 14.9 Å². The third-order valence-corrected chi connectivity index (χ3v) is 5.26. The minimum Gasteiger partial charge on any atom is -0.459 e. The first kappa shape index (κ1) is 18.2. The van der Waals surface area contributed by atoms with E-state index in [4.69, 9.17) is 4.74 Å². The van der Waals surface area contributed by atoms with Crippen LogP contribution in [0.3, 0.4) is 0 Å². The maximum atomic E-state index is 12.4. The van der Waals surface area contributed by atoms with Crippen molar-refractivity contribution < 1.29 is 14.3 Å². The number of nitrogens with one attached hydrogen (secondary N) is 3. The maximum absolute atomic E-state index is 12.4. The van der Waals surface area contributed by atoms with Crippen molar-refractivity contribution in [1.29, 1.82) is 0 Å². The van der Waals surface area contributed by atoms with Gasteiger partial charge in [-0.25, -0.2) is 0 Å². The van der Waals surface area contributed by atoms with Crippen LogP contribution in [0.4, 0.5) is 0 Å². The van der Waals surface area contributed by atoms with E-state index >= 15 is 0 Å². The van der Waals surface area contributed by atoms with E-state index < -0.39 is 5.60 Å². The van der Waals surface area contributed by atoms with Crippen LogP contribution in [0.5, 0.6) is 0 Å². The molecule has 2 aliphatic heterocycles. The first-order valence-electron chi connectivity index (χ1n) is 8.52. The Morgan fingerprint density at radius 3 is 2.68 bits per heavy atom. The molecular formula is C18H25N3O3S. The average molecular weight is 363 g/mol. The number of hydrogen-bond acceptors (Lipinski definition) is 6. The van der Waals surface area contributed by atoms with E-state index in [9.17, 15) is 9.59 Å².